The summed E-state index contributed by atoms with van der Waals surface area (Å²) in [7, 11) is 1.67. The van der Waals surface area contributed by atoms with Crippen molar-refractivity contribution in [1.29, 1.82) is 0 Å². The van der Waals surface area contributed by atoms with E-state index in [0.29, 0.717) is 26.2 Å². The molecule has 2 saturated heterocycles. The number of hydrogen-bond acceptors (Lipinski definition) is 4. The van der Waals surface area contributed by atoms with Gasteiger partial charge in [-0.05, 0) is 25.3 Å². The van der Waals surface area contributed by atoms with Crippen molar-refractivity contribution in [3.63, 3.8) is 0 Å². The zero-order chi connectivity index (χ0) is 13.2. The summed E-state index contributed by atoms with van der Waals surface area (Å²) in [6.45, 7) is 4.11. The average molecular weight is 259 g/mol. The van der Waals surface area contributed by atoms with E-state index < -0.39 is 6.10 Å². The fourth-order valence-electron chi connectivity index (χ4n) is 3.13. The fourth-order valence-corrected chi connectivity index (χ4v) is 3.13. The van der Waals surface area contributed by atoms with E-state index >= 15 is 0 Å². The van der Waals surface area contributed by atoms with E-state index in [0.717, 1.165) is 24.9 Å². The molecule has 0 unspecified atom stereocenters. The zero-order valence-electron chi connectivity index (χ0n) is 11.1. The summed E-state index contributed by atoms with van der Waals surface area (Å²) in [5.41, 5.74) is 0.719. The average Bonchev–Trinajstić information content (AvgIpc) is 2.79. The standard InChI is InChI=1S/C13H22FNO3/c1-10(16)8-18-12-4-13(9-17-2)3-11(5-14)6-15(13)7-12/h5,10,12,16H,3-4,6-9H2,1-2H3/b11-5-/t10-,12-,13+/m0/s1. The van der Waals surface area contributed by atoms with Gasteiger partial charge in [-0.15, -0.1) is 0 Å². The second-order valence-corrected chi connectivity index (χ2v) is 5.49. The Morgan fingerprint density at radius 2 is 2.44 bits per heavy atom. The Morgan fingerprint density at radius 1 is 1.67 bits per heavy atom. The van der Waals surface area contributed by atoms with Crippen LogP contribution in [-0.4, -0.2) is 61.2 Å². The third-order valence-corrected chi connectivity index (χ3v) is 3.79. The van der Waals surface area contributed by atoms with Gasteiger partial charge in [0.25, 0.3) is 0 Å². The molecular formula is C13H22FNO3. The van der Waals surface area contributed by atoms with Crippen LogP contribution in [-0.2, 0) is 9.47 Å². The maximum atomic E-state index is 12.7. The highest BCUT2D eigenvalue weighted by Gasteiger charge is 2.50. The molecule has 2 fully saturated rings. The fraction of sp³-hybridized carbons (Fsp3) is 0.846. The lowest BCUT2D eigenvalue weighted by Crippen LogP contribution is -2.42. The number of ether oxygens (including phenoxy) is 2. The summed E-state index contributed by atoms with van der Waals surface area (Å²) in [4.78, 5) is 2.24. The van der Waals surface area contributed by atoms with E-state index in [-0.39, 0.29) is 11.6 Å². The van der Waals surface area contributed by atoms with Crippen LogP contribution in [0.5, 0.6) is 0 Å². The van der Waals surface area contributed by atoms with Crippen LogP contribution in [0.15, 0.2) is 11.9 Å². The van der Waals surface area contributed by atoms with Gasteiger partial charge in [0, 0.05) is 20.2 Å². The Morgan fingerprint density at radius 3 is 3.06 bits per heavy atom. The van der Waals surface area contributed by atoms with Crippen molar-refractivity contribution < 1.29 is 19.0 Å². The number of aliphatic hydroxyl groups is 1. The number of methoxy groups -OCH3 is 1. The topological polar surface area (TPSA) is 41.9 Å². The third kappa shape index (κ3) is 2.74. The van der Waals surface area contributed by atoms with Crippen molar-refractivity contribution in [2.75, 3.05) is 33.4 Å². The van der Waals surface area contributed by atoms with Crippen LogP contribution in [0.3, 0.4) is 0 Å². The van der Waals surface area contributed by atoms with Gasteiger partial charge >= 0.3 is 0 Å². The lowest BCUT2D eigenvalue weighted by atomic mass is 9.93. The van der Waals surface area contributed by atoms with E-state index in [1.165, 1.54) is 0 Å². The van der Waals surface area contributed by atoms with E-state index in [9.17, 15) is 9.50 Å². The van der Waals surface area contributed by atoms with Gasteiger partial charge in [0.2, 0.25) is 0 Å². The van der Waals surface area contributed by atoms with Crippen LogP contribution in [0.4, 0.5) is 4.39 Å². The Bertz CT molecular complexity index is 321. The second kappa shape index (κ2) is 5.65. The van der Waals surface area contributed by atoms with Crippen LogP contribution < -0.4 is 0 Å². The smallest absolute Gasteiger partial charge is 0.0872 e. The Hall–Kier alpha value is -0.490. The number of halogens is 1. The highest BCUT2D eigenvalue weighted by molar-refractivity contribution is 5.20. The first-order valence-corrected chi connectivity index (χ1v) is 6.41. The summed E-state index contributed by atoms with van der Waals surface area (Å²) >= 11 is 0. The van der Waals surface area contributed by atoms with Crippen molar-refractivity contribution in [2.45, 2.75) is 37.5 Å². The molecule has 5 heteroatoms. The molecule has 0 aliphatic carbocycles. The summed E-state index contributed by atoms with van der Waals surface area (Å²) in [6.07, 6.45) is 1.94. The highest BCUT2D eigenvalue weighted by atomic mass is 19.1. The molecule has 104 valence electrons. The van der Waals surface area contributed by atoms with Crippen LogP contribution in [0.1, 0.15) is 19.8 Å². The van der Waals surface area contributed by atoms with Gasteiger partial charge in [0.15, 0.2) is 0 Å². The Balaban J connectivity index is 1.98. The summed E-state index contributed by atoms with van der Waals surface area (Å²) in [5, 5.41) is 9.24. The molecule has 2 heterocycles. The zero-order valence-corrected chi connectivity index (χ0v) is 11.1. The molecule has 1 N–H and O–H groups in total. The monoisotopic (exact) mass is 259 g/mol. The molecule has 0 bridgehead atoms. The second-order valence-electron chi connectivity index (χ2n) is 5.49. The Labute approximate surface area is 107 Å². The highest BCUT2D eigenvalue weighted by Crippen LogP contribution is 2.42. The summed E-state index contributed by atoms with van der Waals surface area (Å²) in [5.74, 6) is 0. The molecule has 2 aliphatic heterocycles. The van der Waals surface area contributed by atoms with Crippen molar-refractivity contribution in [1.82, 2.24) is 4.90 Å². The molecule has 0 aromatic rings. The lowest BCUT2D eigenvalue weighted by molar-refractivity contribution is 0.000201. The van der Waals surface area contributed by atoms with Gasteiger partial charge in [-0.1, -0.05) is 0 Å². The maximum Gasteiger partial charge on any atom is 0.0872 e. The molecule has 0 amide bonds. The number of fused-ring (bicyclic) bond motifs is 1. The van der Waals surface area contributed by atoms with Gasteiger partial charge in [0.1, 0.15) is 0 Å². The molecule has 0 aromatic heterocycles. The molecule has 0 saturated carbocycles. The molecule has 4 nitrogen and oxygen atoms in total. The number of nitrogens with zero attached hydrogens (tertiary/aromatic N) is 1. The first-order valence-electron chi connectivity index (χ1n) is 6.41. The van der Waals surface area contributed by atoms with Crippen LogP contribution in [0.25, 0.3) is 0 Å². The lowest BCUT2D eigenvalue weighted by Gasteiger charge is -2.30. The van der Waals surface area contributed by atoms with Crippen molar-refractivity contribution in [3.8, 4) is 0 Å². The van der Waals surface area contributed by atoms with Gasteiger partial charge in [0.05, 0.1) is 37.3 Å². The molecule has 2 aliphatic rings. The molecule has 0 radical (unpaired) electrons. The minimum Gasteiger partial charge on any atom is -0.391 e. The quantitative estimate of drug-likeness (QED) is 0.803. The van der Waals surface area contributed by atoms with Crippen molar-refractivity contribution in [3.05, 3.63) is 11.9 Å². The molecule has 0 aromatic carbocycles. The van der Waals surface area contributed by atoms with Gasteiger partial charge in [-0.2, -0.15) is 0 Å². The van der Waals surface area contributed by atoms with Crippen LogP contribution in [0.2, 0.25) is 0 Å². The first kappa shape index (κ1) is 13.9. The van der Waals surface area contributed by atoms with Crippen LogP contribution >= 0.6 is 0 Å². The summed E-state index contributed by atoms with van der Waals surface area (Å²) < 4.78 is 23.7. The predicted octanol–water partition coefficient (Wildman–Crippen LogP) is 1.10. The molecule has 18 heavy (non-hydrogen) atoms. The first-order chi connectivity index (χ1) is 8.59. The van der Waals surface area contributed by atoms with E-state index in [2.05, 4.69) is 4.90 Å². The minimum absolute atomic E-state index is 0.107. The van der Waals surface area contributed by atoms with Crippen molar-refractivity contribution in [2.24, 2.45) is 0 Å². The van der Waals surface area contributed by atoms with Gasteiger partial charge < -0.3 is 14.6 Å². The third-order valence-electron chi connectivity index (χ3n) is 3.79. The molecule has 2 rings (SSSR count). The van der Waals surface area contributed by atoms with E-state index in [1.54, 1.807) is 14.0 Å². The molecular weight excluding hydrogens is 237 g/mol. The Kier molecular flexibility index (Phi) is 4.37. The SMILES string of the molecule is COC[C@]12C/C(=C/F)CN1C[C@@H](OC[C@H](C)O)C2. The largest absolute Gasteiger partial charge is 0.391 e. The van der Waals surface area contributed by atoms with Crippen molar-refractivity contribution >= 4 is 0 Å². The number of rotatable bonds is 5. The maximum absolute atomic E-state index is 12.7. The number of hydrogen-bond donors (Lipinski definition) is 1. The summed E-state index contributed by atoms with van der Waals surface area (Å²) in [6, 6.07) is 0. The number of aliphatic hydroxyl groups excluding tert-OH is 1. The molecule has 3 atom stereocenters. The van der Waals surface area contributed by atoms with Crippen LogP contribution in [0, 0.1) is 0 Å². The minimum atomic E-state index is -0.444. The van der Waals surface area contributed by atoms with Gasteiger partial charge in [-0.3, -0.25) is 4.90 Å². The van der Waals surface area contributed by atoms with E-state index in [4.69, 9.17) is 9.47 Å². The normalized spacial score (nSPS) is 36.2. The molecule has 0 spiro atoms. The van der Waals surface area contributed by atoms with Gasteiger partial charge in [-0.25, -0.2) is 4.39 Å². The predicted molar refractivity (Wildman–Crippen MR) is 66.0 cm³/mol. The van der Waals surface area contributed by atoms with E-state index in [1.807, 2.05) is 0 Å².